The molecule has 0 rings (SSSR count). The van der Waals surface area contributed by atoms with Crippen LogP contribution in [0.5, 0.6) is 0 Å². The number of rotatable bonds is 16. The third-order valence-corrected chi connectivity index (χ3v) is 5.07. The molecule has 0 N–H and O–H groups in total. The van der Waals surface area contributed by atoms with Gasteiger partial charge in [0.15, 0.2) is 0 Å². The Hall–Kier alpha value is 0.920. The van der Waals surface area contributed by atoms with Gasteiger partial charge in [-0.25, -0.2) is 0 Å². The molecule has 0 bridgehead atoms. The molecule has 0 radical (unpaired) electrons. The summed E-state index contributed by atoms with van der Waals surface area (Å²) in [4.78, 5) is 0. The molecular formula is C19H41Br2N. The van der Waals surface area contributed by atoms with E-state index in [-0.39, 0.29) is 17.0 Å². The molecule has 0 aliphatic heterocycles. The van der Waals surface area contributed by atoms with E-state index in [2.05, 4.69) is 36.9 Å². The smallest absolute Gasteiger partial charge is 0.0782 e. The highest BCUT2D eigenvalue weighted by Crippen LogP contribution is 2.12. The molecule has 22 heavy (non-hydrogen) atoms. The zero-order valence-corrected chi connectivity index (χ0v) is 18.7. The van der Waals surface area contributed by atoms with Gasteiger partial charge in [0.25, 0.3) is 0 Å². The molecule has 0 heterocycles. The molecule has 0 aliphatic rings. The molecule has 0 unspecified atom stereocenters. The van der Waals surface area contributed by atoms with E-state index in [4.69, 9.17) is 0 Å². The Labute approximate surface area is 160 Å². The van der Waals surface area contributed by atoms with Crippen LogP contribution in [0.1, 0.15) is 90.4 Å². The molecule has 0 aromatic carbocycles. The fraction of sp³-hybridized carbons (Fsp3) is 1.00. The van der Waals surface area contributed by atoms with Crippen molar-refractivity contribution in [2.24, 2.45) is 0 Å². The Kier molecular flexibility index (Phi) is 20.9. The van der Waals surface area contributed by atoms with Crippen LogP contribution in [0, 0.1) is 0 Å². The van der Waals surface area contributed by atoms with Crippen molar-refractivity contribution in [1.82, 2.24) is 0 Å². The van der Waals surface area contributed by atoms with Crippen molar-refractivity contribution >= 4 is 15.9 Å². The number of quaternary nitrogens is 1. The van der Waals surface area contributed by atoms with Crippen LogP contribution in [-0.2, 0) is 0 Å². The highest BCUT2D eigenvalue weighted by atomic mass is 79.9. The monoisotopic (exact) mass is 441 g/mol. The first-order valence-electron chi connectivity index (χ1n) is 9.50. The van der Waals surface area contributed by atoms with E-state index in [1.165, 1.54) is 101 Å². The van der Waals surface area contributed by atoms with E-state index in [1.807, 2.05) is 0 Å². The Morgan fingerprint density at radius 2 is 0.955 bits per heavy atom. The van der Waals surface area contributed by atoms with Gasteiger partial charge in [-0.3, -0.25) is 0 Å². The lowest BCUT2D eigenvalue weighted by molar-refractivity contribution is -0.890. The second-order valence-corrected chi connectivity index (χ2v) is 8.11. The number of nitrogens with zero attached hydrogens (tertiary/aromatic N) is 1. The van der Waals surface area contributed by atoms with Crippen molar-refractivity contribution < 1.29 is 21.5 Å². The van der Waals surface area contributed by atoms with Gasteiger partial charge in [-0.05, 0) is 25.7 Å². The van der Waals surface area contributed by atoms with E-state index in [0.29, 0.717) is 0 Å². The molecule has 0 aromatic heterocycles. The number of unbranched alkanes of at least 4 members (excludes halogenated alkanes) is 11. The van der Waals surface area contributed by atoms with Crippen molar-refractivity contribution in [3.05, 3.63) is 0 Å². The summed E-state index contributed by atoms with van der Waals surface area (Å²) in [5, 5.41) is 1.16. The van der Waals surface area contributed by atoms with Gasteiger partial charge in [-0.15, -0.1) is 0 Å². The van der Waals surface area contributed by atoms with Crippen molar-refractivity contribution in [1.29, 1.82) is 0 Å². The van der Waals surface area contributed by atoms with Gasteiger partial charge in [-0.1, -0.05) is 80.6 Å². The minimum atomic E-state index is 0. The van der Waals surface area contributed by atoms with Crippen LogP contribution < -0.4 is 17.0 Å². The van der Waals surface area contributed by atoms with Crippen molar-refractivity contribution in [3.8, 4) is 0 Å². The molecule has 0 amide bonds. The molecule has 0 atom stereocenters. The van der Waals surface area contributed by atoms with Gasteiger partial charge < -0.3 is 21.5 Å². The average Bonchev–Trinajstić information content (AvgIpc) is 2.45. The van der Waals surface area contributed by atoms with Gasteiger partial charge >= 0.3 is 0 Å². The maximum atomic E-state index is 3.52. The van der Waals surface area contributed by atoms with Crippen LogP contribution in [0.25, 0.3) is 0 Å². The molecule has 0 fully saturated rings. The largest absolute Gasteiger partial charge is 1.00 e. The highest BCUT2D eigenvalue weighted by Gasteiger charge is 2.13. The summed E-state index contributed by atoms with van der Waals surface area (Å²) < 4.78 is 1.21. The molecule has 0 aromatic rings. The lowest BCUT2D eigenvalue weighted by Gasteiger charge is -2.29. The lowest BCUT2D eigenvalue weighted by atomic mass is 10.1. The summed E-state index contributed by atoms with van der Waals surface area (Å²) in [6, 6.07) is 0. The first-order chi connectivity index (χ1) is 10.1. The van der Waals surface area contributed by atoms with Crippen LogP contribution in [0.4, 0.5) is 0 Å². The quantitative estimate of drug-likeness (QED) is 0.195. The molecule has 0 spiro atoms. The van der Waals surface area contributed by atoms with Crippen LogP contribution in [0.3, 0.4) is 0 Å². The summed E-state index contributed by atoms with van der Waals surface area (Å²) in [6.07, 6.45) is 18.6. The third-order valence-electron chi connectivity index (χ3n) is 4.51. The Morgan fingerprint density at radius 1 is 0.591 bits per heavy atom. The number of hydrogen-bond acceptors (Lipinski definition) is 0. The molecule has 0 aliphatic carbocycles. The second kappa shape index (κ2) is 18.3. The van der Waals surface area contributed by atoms with Crippen LogP contribution in [0.2, 0.25) is 0 Å². The average molecular weight is 443 g/mol. The zero-order valence-electron chi connectivity index (χ0n) is 15.5. The van der Waals surface area contributed by atoms with E-state index in [1.54, 1.807) is 0 Å². The number of halogens is 2. The first kappa shape index (κ1) is 25.2. The number of hydrogen-bond donors (Lipinski definition) is 0. The Morgan fingerprint density at radius 3 is 1.36 bits per heavy atom. The molecule has 0 saturated heterocycles. The maximum absolute atomic E-state index is 3.52. The molecule has 0 saturated carbocycles. The molecule has 136 valence electrons. The maximum Gasteiger partial charge on any atom is 0.0782 e. The molecule has 1 nitrogen and oxygen atoms in total. The van der Waals surface area contributed by atoms with E-state index >= 15 is 0 Å². The van der Waals surface area contributed by atoms with E-state index < -0.39 is 0 Å². The minimum Gasteiger partial charge on any atom is -1.00 e. The van der Waals surface area contributed by atoms with Crippen LogP contribution in [-0.4, -0.2) is 37.0 Å². The van der Waals surface area contributed by atoms with Gasteiger partial charge in [0.1, 0.15) is 0 Å². The third kappa shape index (κ3) is 19.0. The standard InChI is InChI=1S/C19H41BrN.BrH/c1-4-5-6-7-8-9-10-11-12-13-15-18-21(2,3)19-16-14-17-20;/h4-19H2,1-3H3;1H/q+1;/p-1. The zero-order chi connectivity index (χ0) is 15.8. The van der Waals surface area contributed by atoms with Gasteiger partial charge in [0.2, 0.25) is 0 Å². The van der Waals surface area contributed by atoms with Crippen molar-refractivity contribution in [2.45, 2.75) is 90.4 Å². The summed E-state index contributed by atoms with van der Waals surface area (Å²) in [5.41, 5.74) is 0. The van der Waals surface area contributed by atoms with Gasteiger partial charge in [0, 0.05) is 5.33 Å². The summed E-state index contributed by atoms with van der Waals surface area (Å²) in [6.45, 7) is 4.99. The summed E-state index contributed by atoms with van der Waals surface area (Å²) in [7, 11) is 4.79. The minimum absolute atomic E-state index is 0. The highest BCUT2D eigenvalue weighted by molar-refractivity contribution is 9.09. The first-order valence-corrected chi connectivity index (χ1v) is 10.6. The Bertz CT molecular complexity index is 208. The SMILES string of the molecule is CCCCCCCCCCCCC[N+](C)(C)CCCCBr.[Br-]. The fourth-order valence-electron chi connectivity index (χ4n) is 2.95. The van der Waals surface area contributed by atoms with E-state index in [9.17, 15) is 0 Å². The van der Waals surface area contributed by atoms with Crippen molar-refractivity contribution in [3.63, 3.8) is 0 Å². The Balaban J connectivity index is 0. The van der Waals surface area contributed by atoms with Gasteiger partial charge in [-0.2, -0.15) is 0 Å². The summed E-state index contributed by atoms with van der Waals surface area (Å²) in [5.74, 6) is 0. The lowest BCUT2D eigenvalue weighted by Crippen LogP contribution is -3.00. The predicted molar refractivity (Wildman–Crippen MR) is 101 cm³/mol. The predicted octanol–water partition coefficient (Wildman–Crippen LogP) is 3.55. The fourth-order valence-corrected chi connectivity index (χ4v) is 3.35. The van der Waals surface area contributed by atoms with Gasteiger partial charge in [0.05, 0.1) is 27.2 Å². The number of alkyl halides is 1. The van der Waals surface area contributed by atoms with Crippen LogP contribution >= 0.6 is 15.9 Å². The normalized spacial score (nSPS) is 11.5. The molecule has 3 heteroatoms. The van der Waals surface area contributed by atoms with Crippen molar-refractivity contribution in [2.75, 3.05) is 32.5 Å². The second-order valence-electron chi connectivity index (χ2n) is 7.31. The van der Waals surface area contributed by atoms with Crippen LogP contribution in [0.15, 0.2) is 0 Å². The molecular weight excluding hydrogens is 402 g/mol. The van der Waals surface area contributed by atoms with E-state index in [0.717, 1.165) is 5.33 Å². The topological polar surface area (TPSA) is 0 Å². The summed E-state index contributed by atoms with van der Waals surface area (Å²) >= 11 is 3.52.